The topological polar surface area (TPSA) is 42.0 Å². The van der Waals surface area contributed by atoms with E-state index < -0.39 is 0 Å². The zero-order valence-corrected chi connectivity index (χ0v) is 16.2. The van der Waals surface area contributed by atoms with Crippen molar-refractivity contribution in [2.24, 2.45) is 0 Å². The molecule has 6 heteroatoms. The molecule has 2 aromatic rings. The first kappa shape index (κ1) is 16.9. The average Bonchev–Trinajstić information content (AvgIpc) is 2.79. The number of hydrogen-bond acceptors (Lipinski definition) is 3. The van der Waals surface area contributed by atoms with Crippen LogP contribution in [0.4, 0.5) is 5.13 Å². The lowest BCUT2D eigenvalue weighted by Crippen LogP contribution is -2.22. The summed E-state index contributed by atoms with van der Waals surface area (Å²) in [5, 5.41) is 3.57. The van der Waals surface area contributed by atoms with Crippen LogP contribution in [0.3, 0.4) is 0 Å². The summed E-state index contributed by atoms with van der Waals surface area (Å²) in [6, 6.07) is 4.15. The molecule has 1 N–H and O–H groups in total. The Labute approximate surface area is 145 Å². The molecule has 0 unspecified atom stereocenters. The fourth-order valence-electron chi connectivity index (χ4n) is 2.08. The van der Waals surface area contributed by atoms with Crippen molar-refractivity contribution in [1.29, 1.82) is 0 Å². The molecule has 2 rings (SSSR count). The van der Waals surface area contributed by atoms with E-state index in [2.05, 4.69) is 69.0 Å². The number of rotatable bonds is 5. The van der Waals surface area contributed by atoms with E-state index in [-0.39, 0.29) is 10.7 Å². The number of nitrogens with zero attached hydrogens (tertiary/aromatic N) is 1. The van der Waals surface area contributed by atoms with Gasteiger partial charge in [0.25, 0.3) is 0 Å². The van der Waals surface area contributed by atoms with Gasteiger partial charge in [0, 0.05) is 4.47 Å². The van der Waals surface area contributed by atoms with Gasteiger partial charge in [-0.15, -0.1) is 0 Å². The van der Waals surface area contributed by atoms with Gasteiger partial charge in [0.2, 0.25) is 5.91 Å². The Hall–Kier alpha value is -0.460. The maximum atomic E-state index is 12.1. The highest BCUT2D eigenvalue weighted by Crippen LogP contribution is 2.34. The van der Waals surface area contributed by atoms with Gasteiger partial charge in [-0.1, -0.05) is 70.4 Å². The first-order valence-corrected chi connectivity index (χ1v) is 9.49. The number of alkyl halides is 1. The van der Waals surface area contributed by atoms with Crippen molar-refractivity contribution in [2.75, 3.05) is 5.32 Å². The molecule has 3 nitrogen and oxygen atoms in total. The summed E-state index contributed by atoms with van der Waals surface area (Å²) >= 11 is 8.46. The maximum Gasteiger partial charge on any atom is 0.239 e. The van der Waals surface area contributed by atoms with Gasteiger partial charge < -0.3 is 5.32 Å². The highest BCUT2D eigenvalue weighted by atomic mass is 79.9. The Kier molecular flexibility index (Phi) is 5.80. The van der Waals surface area contributed by atoms with Crippen molar-refractivity contribution < 1.29 is 4.79 Å². The summed E-state index contributed by atoms with van der Waals surface area (Å²) in [6.07, 6.45) is 1.78. The second kappa shape index (κ2) is 7.20. The third kappa shape index (κ3) is 4.05. The van der Waals surface area contributed by atoms with Crippen molar-refractivity contribution in [3.8, 4) is 0 Å². The molecule has 1 atom stereocenters. The number of nitrogens with one attached hydrogen (secondary N) is 1. The van der Waals surface area contributed by atoms with Gasteiger partial charge in [-0.25, -0.2) is 4.98 Å². The zero-order chi connectivity index (χ0) is 15.6. The number of aromatic nitrogens is 1. The SMILES string of the molecule is CCC[C@H](Br)C(=O)Nc1nc2c(C(C)C)cc(Br)cc2s1. The molecule has 114 valence electrons. The van der Waals surface area contributed by atoms with Crippen molar-refractivity contribution in [3.05, 3.63) is 22.2 Å². The predicted octanol–water partition coefficient (Wildman–Crippen LogP) is 5.68. The maximum absolute atomic E-state index is 12.1. The molecule has 1 heterocycles. The molecule has 0 bridgehead atoms. The van der Waals surface area contributed by atoms with Crippen LogP contribution in [0.15, 0.2) is 16.6 Å². The van der Waals surface area contributed by atoms with Gasteiger partial charge >= 0.3 is 0 Å². The number of halogens is 2. The van der Waals surface area contributed by atoms with Crippen LogP contribution in [0.1, 0.15) is 45.1 Å². The molecule has 0 radical (unpaired) electrons. The monoisotopic (exact) mass is 432 g/mol. The van der Waals surface area contributed by atoms with Gasteiger partial charge in [-0.3, -0.25) is 4.79 Å². The third-order valence-electron chi connectivity index (χ3n) is 3.17. The summed E-state index contributed by atoms with van der Waals surface area (Å²) in [5.74, 6) is 0.362. The summed E-state index contributed by atoms with van der Waals surface area (Å²) in [6.45, 7) is 6.36. The predicted molar refractivity (Wildman–Crippen MR) is 97.7 cm³/mol. The number of thiazole rings is 1. The molecule has 1 aromatic carbocycles. The van der Waals surface area contributed by atoms with E-state index in [9.17, 15) is 4.79 Å². The van der Waals surface area contributed by atoms with Crippen LogP contribution in [-0.4, -0.2) is 15.7 Å². The summed E-state index contributed by atoms with van der Waals surface area (Å²) in [7, 11) is 0. The lowest BCUT2D eigenvalue weighted by Gasteiger charge is -2.07. The fraction of sp³-hybridized carbons (Fsp3) is 0.467. The van der Waals surface area contributed by atoms with Crippen LogP contribution >= 0.6 is 43.2 Å². The van der Waals surface area contributed by atoms with Gasteiger partial charge in [-0.05, 0) is 30.0 Å². The number of anilines is 1. The molecular weight excluding hydrogens is 416 g/mol. The Balaban J connectivity index is 2.31. The lowest BCUT2D eigenvalue weighted by atomic mass is 10.0. The van der Waals surface area contributed by atoms with Crippen molar-refractivity contribution in [1.82, 2.24) is 4.98 Å². The molecule has 0 spiro atoms. The Bertz CT molecular complexity index is 654. The number of carbonyl (C=O) groups is 1. The molecule has 1 amide bonds. The largest absolute Gasteiger partial charge is 0.301 e. The third-order valence-corrected chi connectivity index (χ3v) is 5.42. The Morgan fingerprint density at radius 1 is 1.43 bits per heavy atom. The molecule has 21 heavy (non-hydrogen) atoms. The lowest BCUT2D eigenvalue weighted by molar-refractivity contribution is -0.115. The molecule has 0 saturated carbocycles. The summed E-state index contributed by atoms with van der Waals surface area (Å²) in [4.78, 5) is 16.5. The molecule has 0 fully saturated rings. The van der Waals surface area contributed by atoms with Crippen LogP contribution in [0.5, 0.6) is 0 Å². The first-order valence-electron chi connectivity index (χ1n) is 6.97. The van der Waals surface area contributed by atoms with Gasteiger partial charge in [0.05, 0.1) is 15.0 Å². The van der Waals surface area contributed by atoms with E-state index >= 15 is 0 Å². The van der Waals surface area contributed by atoms with Crippen LogP contribution in [-0.2, 0) is 4.79 Å². The molecule has 0 aliphatic heterocycles. The second-order valence-electron chi connectivity index (χ2n) is 5.26. The van der Waals surface area contributed by atoms with Crippen LogP contribution in [0.2, 0.25) is 0 Å². The number of hydrogen-bond donors (Lipinski definition) is 1. The number of amides is 1. The highest BCUT2D eigenvalue weighted by molar-refractivity contribution is 9.10. The van der Waals surface area contributed by atoms with Gasteiger partial charge in [0.1, 0.15) is 0 Å². The standard InChI is InChI=1S/C15H18Br2N2OS/c1-4-5-11(17)14(20)19-15-18-13-10(8(2)3)6-9(16)7-12(13)21-15/h6-8,11H,4-5H2,1-3H3,(H,18,19,20)/t11-/m0/s1. The van der Waals surface area contributed by atoms with Gasteiger partial charge in [0.15, 0.2) is 5.13 Å². The second-order valence-corrected chi connectivity index (χ2v) is 8.31. The van der Waals surface area contributed by atoms with Crippen molar-refractivity contribution >= 4 is 64.5 Å². The highest BCUT2D eigenvalue weighted by Gasteiger charge is 2.17. The minimum Gasteiger partial charge on any atom is -0.301 e. The molecule has 0 aliphatic carbocycles. The number of carbonyl (C=O) groups excluding carboxylic acids is 1. The van der Waals surface area contributed by atoms with E-state index in [0.717, 1.165) is 27.5 Å². The Morgan fingerprint density at radius 3 is 2.76 bits per heavy atom. The first-order chi connectivity index (χ1) is 9.92. The quantitative estimate of drug-likeness (QED) is 0.615. The minimum absolute atomic E-state index is 0.0268. The van der Waals surface area contributed by atoms with E-state index in [1.165, 1.54) is 16.9 Å². The van der Waals surface area contributed by atoms with Crippen LogP contribution in [0, 0.1) is 0 Å². The van der Waals surface area contributed by atoms with Crippen molar-refractivity contribution in [3.63, 3.8) is 0 Å². The molecule has 1 aromatic heterocycles. The molecule has 0 saturated heterocycles. The van der Waals surface area contributed by atoms with E-state index in [1.807, 2.05) is 6.07 Å². The minimum atomic E-state index is -0.161. The van der Waals surface area contributed by atoms with E-state index in [0.29, 0.717) is 11.0 Å². The fourth-order valence-corrected chi connectivity index (χ4v) is 4.22. The summed E-state index contributed by atoms with van der Waals surface area (Å²) in [5.41, 5.74) is 2.18. The van der Waals surface area contributed by atoms with Crippen LogP contribution in [0.25, 0.3) is 10.2 Å². The number of benzene rings is 1. The van der Waals surface area contributed by atoms with E-state index in [4.69, 9.17) is 0 Å². The smallest absolute Gasteiger partial charge is 0.239 e. The van der Waals surface area contributed by atoms with E-state index in [1.54, 1.807) is 0 Å². The summed E-state index contributed by atoms with van der Waals surface area (Å²) < 4.78 is 2.13. The zero-order valence-electron chi connectivity index (χ0n) is 12.2. The normalized spacial score (nSPS) is 12.9. The molecule has 0 aliphatic rings. The average molecular weight is 434 g/mol. The van der Waals surface area contributed by atoms with Gasteiger partial charge in [-0.2, -0.15) is 0 Å². The van der Waals surface area contributed by atoms with Crippen molar-refractivity contribution in [2.45, 2.75) is 44.4 Å². The Morgan fingerprint density at radius 2 is 2.14 bits per heavy atom. The van der Waals surface area contributed by atoms with Crippen LogP contribution < -0.4 is 5.32 Å². The number of fused-ring (bicyclic) bond motifs is 1. The molecular formula is C15H18Br2N2OS.